The second-order valence-electron chi connectivity index (χ2n) is 5.28. The summed E-state index contributed by atoms with van der Waals surface area (Å²) in [6.07, 6.45) is 0. The molecule has 0 saturated carbocycles. The third-order valence-electron chi connectivity index (χ3n) is 3.40. The summed E-state index contributed by atoms with van der Waals surface area (Å²) in [6, 6.07) is 12.5. The van der Waals surface area contributed by atoms with Crippen LogP contribution in [0.4, 0.5) is 10.1 Å². The van der Waals surface area contributed by atoms with Gasteiger partial charge in [-0.3, -0.25) is 9.59 Å². The van der Waals surface area contributed by atoms with Crippen LogP contribution in [0, 0.1) is 5.82 Å². The number of halogens is 1. The van der Waals surface area contributed by atoms with E-state index in [9.17, 15) is 14.0 Å². The number of carbonyl (C=O) groups excluding carboxylic acids is 2. The van der Waals surface area contributed by atoms with Crippen molar-refractivity contribution in [2.24, 2.45) is 5.73 Å². The molecule has 132 valence electrons. The highest BCUT2D eigenvalue weighted by atomic mass is 32.2. The molecule has 0 aliphatic rings. The van der Waals surface area contributed by atoms with Crippen LogP contribution < -0.4 is 11.1 Å². The Balaban J connectivity index is 1.54. The molecule has 3 rings (SSSR count). The van der Waals surface area contributed by atoms with Gasteiger partial charge in [-0.15, -0.1) is 11.3 Å². The van der Waals surface area contributed by atoms with Gasteiger partial charge < -0.3 is 11.1 Å². The van der Waals surface area contributed by atoms with Gasteiger partial charge in [-0.1, -0.05) is 11.8 Å². The Bertz CT molecular complexity index is 924. The van der Waals surface area contributed by atoms with Crippen LogP contribution in [0.5, 0.6) is 0 Å². The van der Waals surface area contributed by atoms with Gasteiger partial charge in [0, 0.05) is 22.2 Å². The molecule has 1 aromatic heterocycles. The molecule has 0 aliphatic heterocycles. The van der Waals surface area contributed by atoms with Crippen molar-refractivity contribution >= 4 is 40.6 Å². The first-order valence-corrected chi connectivity index (χ1v) is 9.42. The Morgan fingerprint density at radius 1 is 1.12 bits per heavy atom. The first kappa shape index (κ1) is 18.1. The molecule has 1 heterocycles. The fraction of sp³-hybridized carbons (Fsp3) is 0.0556. The van der Waals surface area contributed by atoms with Crippen molar-refractivity contribution in [3.8, 4) is 11.3 Å². The SMILES string of the molecule is NC(=O)c1ccc(NC(=O)CSc2nc(-c3ccc(F)cc3)cs2)cc1. The lowest BCUT2D eigenvalue weighted by molar-refractivity contribution is -0.113. The van der Waals surface area contributed by atoms with Gasteiger partial charge in [0.15, 0.2) is 4.34 Å². The summed E-state index contributed by atoms with van der Waals surface area (Å²) >= 11 is 2.75. The summed E-state index contributed by atoms with van der Waals surface area (Å²) in [7, 11) is 0. The molecule has 0 atom stereocenters. The van der Waals surface area contributed by atoms with Crippen LogP contribution in [0.2, 0.25) is 0 Å². The minimum Gasteiger partial charge on any atom is -0.366 e. The van der Waals surface area contributed by atoms with E-state index in [4.69, 9.17) is 5.73 Å². The number of carbonyl (C=O) groups is 2. The molecule has 3 N–H and O–H groups in total. The lowest BCUT2D eigenvalue weighted by atomic mass is 10.2. The van der Waals surface area contributed by atoms with E-state index in [0.29, 0.717) is 11.3 Å². The standard InChI is InChI=1S/C18H14FN3O2S2/c19-13-5-1-11(2-6-13)15-9-25-18(22-15)26-10-16(23)21-14-7-3-12(4-8-14)17(20)24/h1-9H,10H2,(H2,20,24)(H,21,23). The third kappa shape index (κ3) is 4.68. The molecule has 3 aromatic rings. The Hall–Kier alpha value is -2.71. The van der Waals surface area contributed by atoms with E-state index in [0.717, 1.165) is 15.6 Å². The predicted octanol–water partition coefficient (Wildman–Crippen LogP) is 3.78. The number of aromatic nitrogens is 1. The number of benzene rings is 2. The van der Waals surface area contributed by atoms with Crippen LogP contribution in [0.25, 0.3) is 11.3 Å². The van der Waals surface area contributed by atoms with Crippen molar-refractivity contribution in [3.63, 3.8) is 0 Å². The zero-order chi connectivity index (χ0) is 18.5. The van der Waals surface area contributed by atoms with Crippen molar-refractivity contribution in [3.05, 3.63) is 65.3 Å². The summed E-state index contributed by atoms with van der Waals surface area (Å²) in [4.78, 5) is 27.5. The molecule has 0 aliphatic carbocycles. The highest BCUT2D eigenvalue weighted by molar-refractivity contribution is 8.01. The molecule has 2 amide bonds. The monoisotopic (exact) mass is 387 g/mol. The molecule has 0 bridgehead atoms. The van der Waals surface area contributed by atoms with Gasteiger partial charge in [-0.25, -0.2) is 9.37 Å². The fourth-order valence-electron chi connectivity index (χ4n) is 2.12. The molecule has 0 saturated heterocycles. The van der Waals surface area contributed by atoms with Crippen molar-refractivity contribution < 1.29 is 14.0 Å². The van der Waals surface area contributed by atoms with Gasteiger partial charge in [0.25, 0.3) is 0 Å². The van der Waals surface area contributed by atoms with E-state index in [-0.39, 0.29) is 17.5 Å². The minimum atomic E-state index is -0.515. The molecule has 8 heteroatoms. The van der Waals surface area contributed by atoms with Crippen LogP contribution >= 0.6 is 23.1 Å². The summed E-state index contributed by atoms with van der Waals surface area (Å²) in [5.41, 5.74) is 7.72. The van der Waals surface area contributed by atoms with Crippen molar-refractivity contribution in [2.45, 2.75) is 4.34 Å². The summed E-state index contributed by atoms with van der Waals surface area (Å²) in [6.45, 7) is 0. The quantitative estimate of drug-likeness (QED) is 0.631. The fourth-order valence-corrected chi connectivity index (χ4v) is 3.75. The van der Waals surface area contributed by atoms with Gasteiger partial charge in [0.05, 0.1) is 11.4 Å². The van der Waals surface area contributed by atoms with Crippen LogP contribution in [0.1, 0.15) is 10.4 Å². The average Bonchev–Trinajstić information content (AvgIpc) is 3.10. The molecular weight excluding hydrogens is 373 g/mol. The maximum absolute atomic E-state index is 13.0. The van der Waals surface area contributed by atoms with Gasteiger partial charge in [-0.2, -0.15) is 0 Å². The van der Waals surface area contributed by atoms with Gasteiger partial charge in [0.1, 0.15) is 5.82 Å². The molecule has 0 spiro atoms. The van der Waals surface area contributed by atoms with Crippen molar-refractivity contribution in [2.75, 3.05) is 11.1 Å². The van der Waals surface area contributed by atoms with E-state index in [2.05, 4.69) is 10.3 Å². The Morgan fingerprint density at radius 3 is 2.46 bits per heavy atom. The highest BCUT2D eigenvalue weighted by Crippen LogP contribution is 2.28. The number of hydrogen-bond acceptors (Lipinski definition) is 5. The summed E-state index contributed by atoms with van der Waals surface area (Å²) < 4.78 is 13.7. The van der Waals surface area contributed by atoms with Crippen LogP contribution in [-0.2, 0) is 4.79 Å². The number of thioether (sulfide) groups is 1. The van der Waals surface area contributed by atoms with Crippen molar-refractivity contribution in [1.82, 2.24) is 4.98 Å². The third-order valence-corrected chi connectivity index (χ3v) is 5.42. The second kappa shape index (κ2) is 8.11. The van der Waals surface area contributed by atoms with E-state index < -0.39 is 5.91 Å². The summed E-state index contributed by atoms with van der Waals surface area (Å²) in [5, 5.41) is 4.62. The minimum absolute atomic E-state index is 0.180. The maximum atomic E-state index is 13.0. The summed E-state index contributed by atoms with van der Waals surface area (Å²) in [5.74, 6) is -0.785. The zero-order valence-corrected chi connectivity index (χ0v) is 15.1. The first-order chi connectivity index (χ1) is 12.5. The topological polar surface area (TPSA) is 85.1 Å². The smallest absolute Gasteiger partial charge is 0.248 e. The second-order valence-corrected chi connectivity index (χ2v) is 7.36. The molecule has 0 radical (unpaired) electrons. The number of nitrogens with zero attached hydrogens (tertiary/aromatic N) is 1. The van der Waals surface area contributed by atoms with Gasteiger partial charge in [0.2, 0.25) is 11.8 Å². The number of amides is 2. The van der Waals surface area contributed by atoms with E-state index in [1.54, 1.807) is 36.4 Å². The van der Waals surface area contributed by atoms with E-state index in [1.807, 2.05) is 5.38 Å². The molecule has 0 unspecified atom stereocenters. The van der Waals surface area contributed by atoms with Gasteiger partial charge in [-0.05, 0) is 48.5 Å². The first-order valence-electron chi connectivity index (χ1n) is 7.55. The molecule has 0 fully saturated rings. The number of primary amides is 1. The van der Waals surface area contributed by atoms with E-state index in [1.165, 1.54) is 35.2 Å². The maximum Gasteiger partial charge on any atom is 0.248 e. The van der Waals surface area contributed by atoms with Crippen LogP contribution in [0.3, 0.4) is 0 Å². The molecule has 2 aromatic carbocycles. The lowest BCUT2D eigenvalue weighted by Crippen LogP contribution is -2.14. The Labute approximate surface area is 157 Å². The number of thiazole rings is 1. The lowest BCUT2D eigenvalue weighted by Gasteiger charge is -2.04. The number of rotatable bonds is 6. The van der Waals surface area contributed by atoms with Crippen LogP contribution in [0.15, 0.2) is 58.3 Å². The van der Waals surface area contributed by atoms with Crippen molar-refractivity contribution in [1.29, 1.82) is 0 Å². The number of hydrogen-bond donors (Lipinski definition) is 2. The van der Waals surface area contributed by atoms with Gasteiger partial charge >= 0.3 is 0 Å². The largest absolute Gasteiger partial charge is 0.366 e. The molecule has 26 heavy (non-hydrogen) atoms. The Kier molecular flexibility index (Phi) is 5.65. The number of nitrogens with two attached hydrogens (primary N) is 1. The average molecular weight is 387 g/mol. The number of anilines is 1. The molecular formula is C18H14FN3O2S2. The number of nitrogens with one attached hydrogen (secondary N) is 1. The Morgan fingerprint density at radius 2 is 1.81 bits per heavy atom. The van der Waals surface area contributed by atoms with Crippen LogP contribution in [-0.4, -0.2) is 22.6 Å². The highest BCUT2D eigenvalue weighted by Gasteiger charge is 2.09. The normalized spacial score (nSPS) is 10.5. The molecule has 5 nitrogen and oxygen atoms in total. The van der Waals surface area contributed by atoms with E-state index >= 15 is 0 Å². The zero-order valence-electron chi connectivity index (χ0n) is 13.4. The predicted molar refractivity (Wildman–Crippen MR) is 102 cm³/mol.